The lowest BCUT2D eigenvalue weighted by atomic mass is 10.0. The first-order valence-corrected chi connectivity index (χ1v) is 11.1. The molecule has 29 heavy (non-hydrogen) atoms. The number of H-pyrrole nitrogens is 1. The first-order chi connectivity index (χ1) is 14.0. The normalized spacial score (nSPS) is 15.0. The van der Waals surface area contributed by atoms with Gasteiger partial charge in [0.2, 0.25) is 5.91 Å². The highest BCUT2D eigenvalue weighted by Gasteiger charge is 2.16. The second-order valence-electron chi connectivity index (χ2n) is 7.62. The molecule has 0 saturated carbocycles. The van der Waals surface area contributed by atoms with E-state index in [-0.39, 0.29) is 18.1 Å². The van der Waals surface area contributed by atoms with E-state index >= 15 is 0 Å². The van der Waals surface area contributed by atoms with E-state index < -0.39 is 0 Å². The Labute approximate surface area is 174 Å². The van der Waals surface area contributed by atoms with E-state index in [9.17, 15) is 9.18 Å². The predicted octanol–water partition coefficient (Wildman–Crippen LogP) is 4.65. The van der Waals surface area contributed by atoms with Gasteiger partial charge in [0.1, 0.15) is 5.82 Å². The Bertz CT molecular complexity index is 1040. The number of thioether (sulfide) groups is 1. The fourth-order valence-corrected chi connectivity index (χ4v) is 4.91. The number of carbonyl (C=O) groups is 1. The topological polar surface area (TPSA) is 48.1 Å². The molecule has 0 atom stereocenters. The van der Waals surface area contributed by atoms with Gasteiger partial charge < -0.3 is 10.3 Å². The van der Waals surface area contributed by atoms with E-state index in [2.05, 4.69) is 28.2 Å². The summed E-state index contributed by atoms with van der Waals surface area (Å²) in [4.78, 5) is 18.5. The first-order valence-electron chi connectivity index (χ1n) is 9.96. The van der Waals surface area contributed by atoms with Crippen molar-refractivity contribution in [2.24, 2.45) is 0 Å². The lowest BCUT2D eigenvalue weighted by Crippen LogP contribution is -2.32. The Kier molecular flexibility index (Phi) is 5.92. The summed E-state index contributed by atoms with van der Waals surface area (Å²) in [6.45, 7) is 7.12. The van der Waals surface area contributed by atoms with Crippen LogP contribution in [-0.4, -0.2) is 40.4 Å². The lowest BCUT2D eigenvalue weighted by Gasteiger charge is -2.27. The lowest BCUT2D eigenvalue weighted by molar-refractivity contribution is -0.115. The van der Waals surface area contributed by atoms with E-state index in [0.29, 0.717) is 0 Å². The Morgan fingerprint density at radius 2 is 2.00 bits per heavy atom. The average molecular weight is 412 g/mol. The Hall–Kier alpha value is -2.31. The van der Waals surface area contributed by atoms with Gasteiger partial charge in [0.25, 0.3) is 0 Å². The van der Waals surface area contributed by atoms with Crippen molar-refractivity contribution in [3.8, 4) is 0 Å². The molecule has 4 rings (SSSR count). The van der Waals surface area contributed by atoms with Crippen molar-refractivity contribution < 1.29 is 9.18 Å². The van der Waals surface area contributed by atoms with Crippen molar-refractivity contribution in [1.29, 1.82) is 0 Å². The van der Waals surface area contributed by atoms with Crippen LogP contribution in [0.2, 0.25) is 0 Å². The summed E-state index contributed by atoms with van der Waals surface area (Å²) in [6, 6.07) is 10.7. The number of benzene rings is 2. The van der Waals surface area contributed by atoms with Crippen molar-refractivity contribution in [1.82, 2.24) is 9.88 Å². The molecule has 0 aliphatic carbocycles. The Balaban J connectivity index is 1.49. The van der Waals surface area contributed by atoms with Gasteiger partial charge in [-0.25, -0.2) is 4.39 Å². The number of carbonyl (C=O) groups excluding carboxylic acids is 1. The van der Waals surface area contributed by atoms with Crippen LogP contribution in [0.4, 0.5) is 10.1 Å². The van der Waals surface area contributed by atoms with Gasteiger partial charge in [0, 0.05) is 53.4 Å². The maximum atomic E-state index is 13.7. The van der Waals surface area contributed by atoms with E-state index in [4.69, 9.17) is 0 Å². The molecular weight excluding hydrogens is 385 g/mol. The van der Waals surface area contributed by atoms with Crippen LogP contribution in [0.25, 0.3) is 10.9 Å². The summed E-state index contributed by atoms with van der Waals surface area (Å²) >= 11 is 2.00. The van der Waals surface area contributed by atoms with Gasteiger partial charge in [-0.2, -0.15) is 11.8 Å². The van der Waals surface area contributed by atoms with Crippen LogP contribution in [0.15, 0.2) is 36.4 Å². The molecule has 3 aromatic rings. The van der Waals surface area contributed by atoms with Crippen LogP contribution in [0.5, 0.6) is 0 Å². The highest BCUT2D eigenvalue weighted by molar-refractivity contribution is 7.99. The maximum Gasteiger partial charge on any atom is 0.228 e. The minimum Gasteiger partial charge on any atom is -0.358 e. The number of amides is 1. The molecule has 0 spiro atoms. The fraction of sp³-hybridized carbons (Fsp3) is 0.348. The third-order valence-electron chi connectivity index (χ3n) is 5.64. The minimum atomic E-state index is -0.294. The second kappa shape index (κ2) is 8.59. The van der Waals surface area contributed by atoms with Crippen LogP contribution in [-0.2, 0) is 17.8 Å². The number of aromatic nitrogens is 1. The molecule has 1 aliphatic rings. The zero-order chi connectivity index (χ0) is 20.4. The van der Waals surface area contributed by atoms with Gasteiger partial charge in [-0.1, -0.05) is 12.1 Å². The maximum absolute atomic E-state index is 13.7. The number of hydrogen-bond donors (Lipinski definition) is 2. The van der Waals surface area contributed by atoms with Crippen molar-refractivity contribution in [2.75, 3.05) is 29.9 Å². The smallest absolute Gasteiger partial charge is 0.228 e. The van der Waals surface area contributed by atoms with Crippen LogP contribution >= 0.6 is 11.8 Å². The zero-order valence-corrected chi connectivity index (χ0v) is 17.7. The molecule has 1 amide bonds. The molecule has 4 nitrogen and oxygen atoms in total. The molecule has 1 aliphatic heterocycles. The van der Waals surface area contributed by atoms with Crippen molar-refractivity contribution >= 4 is 34.3 Å². The van der Waals surface area contributed by atoms with Crippen LogP contribution in [0.3, 0.4) is 0 Å². The third-order valence-corrected chi connectivity index (χ3v) is 6.58. The van der Waals surface area contributed by atoms with E-state index in [1.807, 2.05) is 30.8 Å². The molecule has 6 heteroatoms. The summed E-state index contributed by atoms with van der Waals surface area (Å²) in [5.41, 5.74) is 5.80. The van der Waals surface area contributed by atoms with Gasteiger partial charge in [0.05, 0.1) is 6.42 Å². The van der Waals surface area contributed by atoms with Crippen molar-refractivity contribution in [3.63, 3.8) is 0 Å². The highest BCUT2D eigenvalue weighted by atomic mass is 32.2. The SMILES string of the molecule is Cc1[nH]c2ccc(F)cc2c1CC(=O)Nc1cccc(CN2CCSCC2)c1C. The van der Waals surface area contributed by atoms with E-state index in [0.717, 1.165) is 53.0 Å². The van der Waals surface area contributed by atoms with Crippen LogP contribution in [0.1, 0.15) is 22.4 Å². The standard InChI is InChI=1S/C23H26FN3OS/c1-15-17(14-27-8-10-29-11-9-27)4-3-5-21(15)26-23(28)13-19-16(2)25-22-7-6-18(24)12-20(19)22/h3-7,12,25H,8-11,13-14H2,1-2H3,(H,26,28). The van der Waals surface area contributed by atoms with E-state index in [1.54, 1.807) is 6.07 Å². The summed E-state index contributed by atoms with van der Waals surface area (Å²) in [6.07, 6.45) is 0.211. The number of fused-ring (bicyclic) bond motifs is 1. The minimum absolute atomic E-state index is 0.0899. The summed E-state index contributed by atoms with van der Waals surface area (Å²) in [5, 5.41) is 3.83. The van der Waals surface area contributed by atoms with E-state index in [1.165, 1.54) is 29.2 Å². The first kappa shape index (κ1) is 20.0. The fourth-order valence-electron chi connectivity index (χ4n) is 3.93. The van der Waals surface area contributed by atoms with Crippen molar-refractivity contribution in [2.45, 2.75) is 26.8 Å². The molecule has 2 aromatic carbocycles. The number of rotatable bonds is 5. The number of aryl methyl sites for hydroxylation is 1. The molecule has 2 N–H and O–H groups in total. The molecule has 0 bridgehead atoms. The zero-order valence-electron chi connectivity index (χ0n) is 16.8. The Morgan fingerprint density at radius 1 is 1.21 bits per heavy atom. The number of hydrogen-bond acceptors (Lipinski definition) is 3. The second-order valence-corrected chi connectivity index (χ2v) is 8.85. The van der Waals surface area contributed by atoms with Gasteiger partial charge in [-0.05, 0) is 54.8 Å². The molecule has 0 radical (unpaired) electrons. The summed E-state index contributed by atoms with van der Waals surface area (Å²) < 4.78 is 13.7. The summed E-state index contributed by atoms with van der Waals surface area (Å²) in [7, 11) is 0. The number of aromatic amines is 1. The third kappa shape index (κ3) is 4.49. The van der Waals surface area contributed by atoms with Gasteiger partial charge in [-0.15, -0.1) is 0 Å². The molecule has 152 valence electrons. The number of nitrogens with zero attached hydrogens (tertiary/aromatic N) is 1. The number of nitrogens with one attached hydrogen (secondary N) is 2. The highest BCUT2D eigenvalue weighted by Crippen LogP contribution is 2.25. The predicted molar refractivity (Wildman–Crippen MR) is 119 cm³/mol. The number of anilines is 1. The van der Waals surface area contributed by atoms with Gasteiger partial charge in [-0.3, -0.25) is 9.69 Å². The van der Waals surface area contributed by atoms with Gasteiger partial charge >= 0.3 is 0 Å². The van der Waals surface area contributed by atoms with Crippen LogP contribution < -0.4 is 5.32 Å². The number of halogens is 1. The average Bonchev–Trinajstić information content (AvgIpc) is 3.00. The largest absolute Gasteiger partial charge is 0.358 e. The molecule has 1 fully saturated rings. The molecule has 0 unspecified atom stereocenters. The quantitative estimate of drug-likeness (QED) is 0.642. The molecular formula is C23H26FN3OS. The van der Waals surface area contributed by atoms with Gasteiger partial charge in [0.15, 0.2) is 0 Å². The molecule has 2 heterocycles. The van der Waals surface area contributed by atoms with Crippen molar-refractivity contribution in [3.05, 3.63) is 64.6 Å². The summed E-state index contributed by atoms with van der Waals surface area (Å²) in [5.74, 6) is 1.98. The monoisotopic (exact) mass is 411 g/mol. The van der Waals surface area contributed by atoms with Crippen LogP contribution in [0, 0.1) is 19.7 Å². The molecule has 1 saturated heterocycles. The Morgan fingerprint density at radius 3 is 2.79 bits per heavy atom. The molecule has 1 aromatic heterocycles.